The monoisotopic (exact) mass is 410 g/mol. The van der Waals surface area contributed by atoms with Gasteiger partial charge in [-0.3, -0.25) is 0 Å². The predicted octanol–water partition coefficient (Wildman–Crippen LogP) is 5.13. The first-order valence-electron chi connectivity index (χ1n) is 10.2. The van der Waals surface area contributed by atoms with E-state index in [1.54, 1.807) is 17.7 Å². The first-order chi connectivity index (χ1) is 14.8. The van der Waals surface area contributed by atoms with Gasteiger partial charge in [-0.05, 0) is 55.1 Å². The largest absolute Gasteiger partial charge is 0.340 e. The van der Waals surface area contributed by atoms with Gasteiger partial charge in [0.2, 0.25) is 0 Å². The smallest absolute Gasteiger partial charge is 0.142 e. The molecule has 1 atom stereocenters. The van der Waals surface area contributed by atoms with Gasteiger partial charge >= 0.3 is 0 Å². The Labute approximate surface area is 180 Å². The van der Waals surface area contributed by atoms with Crippen LogP contribution in [0.5, 0.6) is 0 Å². The van der Waals surface area contributed by atoms with Crippen molar-refractivity contribution in [2.75, 3.05) is 11.9 Å². The minimum Gasteiger partial charge on any atom is -0.340 e. The fourth-order valence-electron chi connectivity index (χ4n) is 3.66. The number of nitrogens with one attached hydrogen (secondary N) is 2. The van der Waals surface area contributed by atoms with Crippen molar-refractivity contribution in [3.05, 3.63) is 83.0 Å². The van der Waals surface area contributed by atoms with Crippen molar-refractivity contribution in [1.82, 2.24) is 15.3 Å². The van der Waals surface area contributed by atoms with Gasteiger partial charge in [0.25, 0.3) is 0 Å². The maximum absolute atomic E-state index is 4.47. The Balaban J connectivity index is 1.33. The minimum absolute atomic E-state index is 0.313. The van der Waals surface area contributed by atoms with Crippen LogP contribution in [0.25, 0.3) is 10.2 Å². The molecule has 1 fully saturated rings. The Morgan fingerprint density at radius 1 is 1.03 bits per heavy atom. The van der Waals surface area contributed by atoms with Crippen LogP contribution >= 0.6 is 11.3 Å². The molecule has 0 amide bonds. The summed E-state index contributed by atoms with van der Waals surface area (Å²) in [6.45, 7) is 1.06. The number of hydrogen-bond acceptors (Lipinski definition) is 5. The number of nitrogens with zero attached hydrogens (tertiary/aromatic N) is 2. The zero-order valence-corrected chi connectivity index (χ0v) is 17.4. The Morgan fingerprint density at radius 3 is 2.67 bits per heavy atom. The molecule has 0 aliphatic carbocycles. The molecule has 5 rings (SSSR count). The van der Waals surface area contributed by atoms with E-state index in [9.17, 15) is 0 Å². The number of hydrogen-bond donors (Lipinski definition) is 2. The van der Waals surface area contributed by atoms with Crippen LogP contribution < -0.4 is 10.6 Å². The van der Waals surface area contributed by atoms with Crippen molar-refractivity contribution in [1.29, 1.82) is 0 Å². The van der Waals surface area contributed by atoms with Crippen LogP contribution in [0.15, 0.2) is 67.0 Å². The van der Waals surface area contributed by atoms with Crippen LogP contribution in [-0.2, 0) is 6.42 Å². The molecule has 4 nitrogen and oxygen atoms in total. The van der Waals surface area contributed by atoms with Crippen LogP contribution in [0.2, 0.25) is 0 Å². The zero-order valence-electron chi connectivity index (χ0n) is 16.6. The summed E-state index contributed by atoms with van der Waals surface area (Å²) in [5, 5.41) is 7.87. The van der Waals surface area contributed by atoms with E-state index in [0.717, 1.165) is 46.0 Å². The molecule has 2 N–H and O–H groups in total. The molecule has 0 saturated carbocycles. The molecule has 4 aromatic rings. The third-order valence-electron chi connectivity index (χ3n) is 5.23. The highest BCUT2D eigenvalue weighted by molar-refractivity contribution is 7.19. The second-order valence-electron chi connectivity index (χ2n) is 7.45. The summed E-state index contributed by atoms with van der Waals surface area (Å²) in [5.41, 5.74) is 3.62. The van der Waals surface area contributed by atoms with E-state index in [1.807, 2.05) is 6.07 Å². The fourth-order valence-corrected chi connectivity index (χ4v) is 4.52. The number of fused-ring (bicyclic) bond motifs is 1. The summed E-state index contributed by atoms with van der Waals surface area (Å²) < 4.78 is 0. The number of rotatable bonds is 4. The average molecular weight is 411 g/mol. The van der Waals surface area contributed by atoms with Gasteiger partial charge in [0.05, 0.1) is 16.3 Å². The van der Waals surface area contributed by atoms with Crippen LogP contribution in [0, 0.1) is 11.8 Å². The molecule has 0 radical (unpaired) electrons. The third-order valence-corrected chi connectivity index (χ3v) is 6.19. The first kappa shape index (κ1) is 18.8. The lowest BCUT2D eigenvalue weighted by Gasteiger charge is -2.08. The van der Waals surface area contributed by atoms with Gasteiger partial charge < -0.3 is 10.6 Å². The molecule has 1 aliphatic rings. The zero-order chi connectivity index (χ0) is 20.2. The molecule has 5 heteroatoms. The van der Waals surface area contributed by atoms with E-state index >= 15 is 0 Å². The second kappa shape index (κ2) is 8.66. The van der Waals surface area contributed by atoms with E-state index in [1.165, 1.54) is 17.5 Å². The third kappa shape index (κ3) is 4.35. The van der Waals surface area contributed by atoms with Crippen molar-refractivity contribution >= 4 is 33.1 Å². The lowest BCUT2D eigenvalue weighted by atomic mass is 10.0. The molecule has 3 heterocycles. The molecule has 0 bridgehead atoms. The molecule has 2 aromatic heterocycles. The van der Waals surface area contributed by atoms with Crippen molar-refractivity contribution in [3.63, 3.8) is 0 Å². The van der Waals surface area contributed by atoms with Crippen LogP contribution in [0.3, 0.4) is 0 Å². The first-order valence-corrected chi connectivity index (χ1v) is 11.0. The maximum Gasteiger partial charge on any atom is 0.142 e. The summed E-state index contributed by atoms with van der Waals surface area (Å²) in [7, 11) is 0. The molecular weight excluding hydrogens is 388 g/mol. The highest BCUT2D eigenvalue weighted by atomic mass is 32.1. The van der Waals surface area contributed by atoms with E-state index in [4.69, 9.17) is 0 Å². The topological polar surface area (TPSA) is 49.8 Å². The van der Waals surface area contributed by atoms with Crippen LogP contribution in [0.1, 0.15) is 28.8 Å². The fraction of sp³-hybridized carbons (Fsp3) is 0.200. The number of aromatic nitrogens is 2. The normalized spacial score (nSPS) is 15.7. The van der Waals surface area contributed by atoms with E-state index in [-0.39, 0.29) is 0 Å². The summed E-state index contributed by atoms with van der Waals surface area (Å²) in [6.07, 6.45) is 4.88. The number of benzene rings is 2. The predicted molar refractivity (Wildman–Crippen MR) is 124 cm³/mol. The second-order valence-corrected chi connectivity index (χ2v) is 8.48. The molecule has 0 unspecified atom stereocenters. The van der Waals surface area contributed by atoms with Gasteiger partial charge in [0.15, 0.2) is 0 Å². The Morgan fingerprint density at radius 2 is 1.87 bits per heavy atom. The van der Waals surface area contributed by atoms with Crippen LogP contribution in [-0.4, -0.2) is 22.6 Å². The quantitative estimate of drug-likeness (QED) is 0.458. The molecular formula is C25H22N4S. The number of thiophene rings is 1. The lowest BCUT2D eigenvalue weighted by Crippen LogP contribution is -2.18. The Hall–Kier alpha value is -3.20. The van der Waals surface area contributed by atoms with Crippen molar-refractivity contribution in [3.8, 4) is 11.8 Å². The Bertz CT molecular complexity index is 1200. The molecule has 2 aromatic carbocycles. The molecule has 1 aliphatic heterocycles. The SMILES string of the molecule is C(#C[C@H]1CCCN1)c1cc2c(Nc3ccc(Cc4ccccc4)cc3)ncnc2s1. The summed E-state index contributed by atoms with van der Waals surface area (Å²) >= 11 is 1.62. The highest BCUT2D eigenvalue weighted by Gasteiger charge is 2.11. The van der Waals surface area contributed by atoms with Gasteiger partial charge in [0, 0.05) is 5.69 Å². The maximum atomic E-state index is 4.47. The molecule has 0 spiro atoms. The van der Waals surface area contributed by atoms with Gasteiger partial charge in [0.1, 0.15) is 17.0 Å². The van der Waals surface area contributed by atoms with Gasteiger partial charge in [-0.1, -0.05) is 54.3 Å². The van der Waals surface area contributed by atoms with Gasteiger partial charge in [-0.2, -0.15) is 0 Å². The summed E-state index contributed by atoms with van der Waals surface area (Å²) in [5.74, 6) is 7.46. The van der Waals surface area contributed by atoms with Crippen molar-refractivity contribution in [2.45, 2.75) is 25.3 Å². The molecule has 1 saturated heterocycles. The van der Waals surface area contributed by atoms with Crippen LogP contribution in [0.4, 0.5) is 11.5 Å². The standard InChI is InChI=1S/C25H22N4S/c1-2-5-18(6-3-1)15-19-8-10-21(11-9-19)29-24-23-16-22(30-25(23)28-17-27-24)13-12-20-7-4-14-26-20/h1-3,5-6,8-11,16-17,20,26H,4,7,14-15H2,(H,27,28,29)/t20-/m1/s1. The van der Waals surface area contributed by atoms with E-state index in [2.05, 4.69) is 87.0 Å². The number of anilines is 2. The minimum atomic E-state index is 0.313. The van der Waals surface area contributed by atoms with Gasteiger partial charge in [-0.25, -0.2) is 9.97 Å². The van der Waals surface area contributed by atoms with E-state index in [0.29, 0.717) is 6.04 Å². The van der Waals surface area contributed by atoms with Crippen molar-refractivity contribution < 1.29 is 0 Å². The summed E-state index contributed by atoms with van der Waals surface area (Å²) in [6, 6.07) is 21.4. The van der Waals surface area contributed by atoms with Gasteiger partial charge in [-0.15, -0.1) is 11.3 Å². The van der Waals surface area contributed by atoms with Crippen molar-refractivity contribution in [2.24, 2.45) is 0 Å². The lowest BCUT2D eigenvalue weighted by molar-refractivity contribution is 0.749. The average Bonchev–Trinajstić information content (AvgIpc) is 3.44. The molecule has 30 heavy (non-hydrogen) atoms. The Kier molecular flexibility index (Phi) is 5.43. The highest BCUT2D eigenvalue weighted by Crippen LogP contribution is 2.29. The summed E-state index contributed by atoms with van der Waals surface area (Å²) in [4.78, 5) is 10.9. The molecule has 148 valence electrons. The van der Waals surface area contributed by atoms with E-state index < -0.39 is 0 Å².